The minimum Gasteiger partial charge on any atom is -0.396 e. The summed E-state index contributed by atoms with van der Waals surface area (Å²) in [4.78, 5) is -0.504. The molecule has 0 amide bonds. The molecule has 1 unspecified atom stereocenters. The summed E-state index contributed by atoms with van der Waals surface area (Å²) >= 11 is 5.71. The lowest BCUT2D eigenvalue weighted by atomic mass is 10.1. The van der Waals surface area contributed by atoms with Gasteiger partial charge in [0, 0.05) is 11.6 Å². The summed E-state index contributed by atoms with van der Waals surface area (Å²) < 4.78 is 40.2. The molecule has 4 nitrogen and oxygen atoms in total. The summed E-state index contributed by atoms with van der Waals surface area (Å²) in [6.45, 7) is 4.41. The predicted molar refractivity (Wildman–Crippen MR) is 72.9 cm³/mol. The van der Waals surface area contributed by atoms with Crippen LogP contribution in [0.5, 0.6) is 0 Å². The Balaban J connectivity index is 2.20. The summed E-state index contributed by atoms with van der Waals surface area (Å²) in [5.41, 5.74) is 5.25. The topological polar surface area (TPSA) is 72.2 Å². The molecule has 2 rings (SSSR count). The van der Waals surface area contributed by atoms with E-state index in [-0.39, 0.29) is 22.0 Å². The van der Waals surface area contributed by atoms with E-state index in [1.165, 1.54) is 6.07 Å². The van der Waals surface area contributed by atoms with Crippen molar-refractivity contribution in [1.29, 1.82) is 0 Å². The van der Waals surface area contributed by atoms with Crippen molar-refractivity contribution in [3.63, 3.8) is 0 Å². The van der Waals surface area contributed by atoms with Crippen molar-refractivity contribution in [2.24, 2.45) is 11.3 Å². The first-order chi connectivity index (χ1) is 8.63. The summed E-state index contributed by atoms with van der Waals surface area (Å²) in [5, 5.41) is 0.0889. The minimum absolute atomic E-state index is 0.0889. The van der Waals surface area contributed by atoms with Gasteiger partial charge in [-0.1, -0.05) is 25.4 Å². The maximum absolute atomic E-state index is 13.8. The number of hydrogen-bond donors (Lipinski definition) is 2. The zero-order valence-corrected chi connectivity index (χ0v) is 12.3. The molecule has 0 bridgehead atoms. The van der Waals surface area contributed by atoms with Gasteiger partial charge >= 0.3 is 0 Å². The first-order valence-corrected chi connectivity index (χ1v) is 7.74. The molecule has 3 N–H and O–H groups in total. The van der Waals surface area contributed by atoms with Gasteiger partial charge in [-0.25, -0.2) is 17.5 Å². The highest BCUT2D eigenvalue weighted by atomic mass is 35.5. The number of rotatable bonds is 4. The second kappa shape index (κ2) is 4.61. The van der Waals surface area contributed by atoms with E-state index in [0.29, 0.717) is 6.54 Å². The van der Waals surface area contributed by atoms with Crippen LogP contribution in [0.2, 0.25) is 5.02 Å². The fourth-order valence-electron chi connectivity index (χ4n) is 1.99. The van der Waals surface area contributed by atoms with Gasteiger partial charge in [0.2, 0.25) is 10.0 Å². The van der Waals surface area contributed by atoms with Crippen molar-refractivity contribution >= 4 is 27.3 Å². The highest BCUT2D eigenvalue weighted by Gasteiger charge is 2.45. The summed E-state index contributed by atoms with van der Waals surface area (Å²) in [5.74, 6) is -0.686. The Morgan fingerprint density at radius 1 is 1.53 bits per heavy atom. The van der Waals surface area contributed by atoms with Crippen LogP contribution in [0, 0.1) is 17.2 Å². The molecule has 0 aromatic heterocycles. The van der Waals surface area contributed by atoms with Gasteiger partial charge in [-0.15, -0.1) is 0 Å². The highest BCUT2D eigenvalue weighted by molar-refractivity contribution is 7.89. The Morgan fingerprint density at radius 2 is 2.11 bits per heavy atom. The lowest BCUT2D eigenvalue weighted by Crippen LogP contribution is -2.27. The van der Waals surface area contributed by atoms with Crippen molar-refractivity contribution in [2.45, 2.75) is 25.2 Å². The smallest absolute Gasteiger partial charge is 0.243 e. The van der Waals surface area contributed by atoms with E-state index in [1.54, 1.807) is 0 Å². The van der Waals surface area contributed by atoms with Crippen LogP contribution < -0.4 is 10.5 Å². The summed E-state index contributed by atoms with van der Waals surface area (Å²) in [6.07, 6.45) is 0.954. The fraction of sp³-hybridized carbons (Fsp3) is 0.500. The predicted octanol–water partition coefficient (Wildman–Crippen LogP) is 2.39. The molecule has 1 aliphatic rings. The van der Waals surface area contributed by atoms with Gasteiger partial charge in [0.05, 0.1) is 5.69 Å². The van der Waals surface area contributed by atoms with Crippen molar-refractivity contribution < 1.29 is 12.8 Å². The quantitative estimate of drug-likeness (QED) is 0.839. The van der Waals surface area contributed by atoms with E-state index in [4.69, 9.17) is 17.3 Å². The largest absolute Gasteiger partial charge is 0.396 e. The van der Waals surface area contributed by atoms with Gasteiger partial charge in [-0.3, -0.25) is 0 Å². The second-order valence-electron chi connectivity index (χ2n) is 5.55. The van der Waals surface area contributed by atoms with Crippen molar-refractivity contribution in [2.75, 3.05) is 12.3 Å². The maximum Gasteiger partial charge on any atom is 0.243 e. The molecular formula is C12H16ClFN2O2S. The van der Waals surface area contributed by atoms with E-state index in [9.17, 15) is 12.8 Å². The average molecular weight is 307 g/mol. The molecule has 0 radical (unpaired) electrons. The first kappa shape index (κ1) is 14.6. The van der Waals surface area contributed by atoms with Gasteiger partial charge < -0.3 is 5.73 Å². The third-order valence-corrected chi connectivity index (χ3v) is 5.20. The fourth-order valence-corrected chi connectivity index (χ4v) is 3.50. The Labute approximate surface area is 117 Å². The van der Waals surface area contributed by atoms with Crippen LogP contribution in [-0.2, 0) is 10.0 Å². The summed E-state index contributed by atoms with van der Waals surface area (Å²) in [7, 11) is -3.93. The number of benzene rings is 1. The van der Waals surface area contributed by atoms with Crippen LogP contribution in [-0.4, -0.2) is 15.0 Å². The third kappa shape index (κ3) is 3.01. The molecule has 1 fully saturated rings. The molecule has 1 saturated carbocycles. The number of halogens is 2. The Kier molecular flexibility index (Phi) is 3.53. The van der Waals surface area contributed by atoms with Gasteiger partial charge in [-0.05, 0) is 29.9 Å². The third-order valence-electron chi connectivity index (χ3n) is 3.56. The molecule has 0 heterocycles. The lowest BCUT2D eigenvalue weighted by Gasteiger charge is -2.10. The molecule has 106 valence electrons. The lowest BCUT2D eigenvalue weighted by molar-refractivity contribution is 0.531. The zero-order chi connectivity index (χ0) is 14.4. The highest BCUT2D eigenvalue weighted by Crippen LogP contribution is 2.51. The standard InChI is InChI=1S/C12H16ClFN2O2S/c1-12(2)5-7(12)6-16-19(17,18)10-4-8(13)3-9(15)11(10)14/h3-4,7,16H,5-6,15H2,1-2H3. The maximum atomic E-state index is 13.8. The van der Waals surface area contributed by atoms with Crippen LogP contribution in [0.25, 0.3) is 0 Å². The van der Waals surface area contributed by atoms with Crippen LogP contribution in [0.3, 0.4) is 0 Å². The van der Waals surface area contributed by atoms with E-state index in [2.05, 4.69) is 18.6 Å². The van der Waals surface area contributed by atoms with Gasteiger partial charge in [0.1, 0.15) is 4.90 Å². The van der Waals surface area contributed by atoms with Gasteiger partial charge in [0.15, 0.2) is 5.82 Å². The number of nitrogen functional groups attached to an aromatic ring is 1. The molecule has 0 saturated heterocycles. The normalized spacial score (nSPS) is 21.4. The SMILES string of the molecule is CC1(C)CC1CNS(=O)(=O)c1cc(Cl)cc(N)c1F. The number of hydrogen-bond acceptors (Lipinski definition) is 3. The Morgan fingerprint density at radius 3 is 2.63 bits per heavy atom. The number of anilines is 1. The molecule has 19 heavy (non-hydrogen) atoms. The van der Waals surface area contributed by atoms with Crippen molar-refractivity contribution in [3.05, 3.63) is 23.0 Å². The molecule has 0 aliphatic heterocycles. The van der Waals surface area contributed by atoms with E-state index in [0.717, 1.165) is 12.5 Å². The number of sulfonamides is 1. The van der Waals surface area contributed by atoms with Crippen LogP contribution >= 0.6 is 11.6 Å². The second-order valence-corrected chi connectivity index (χ2v) is 7.72. The molecule has 1 atom stereocenters. The molecule has 7 heteroatoms. The zero-order valence-electron chi connectivity index (χ0n) is 10.7. The van der Waals surface area contributed by atoms with Crippen LogP contribution in [0.4, 0.5) is 10.1 Å². The van der Waals surface area contributed by atoms with Crippen LogP contribution in [0.1, 0.15) is 20.3 Å². The van der Waals surface area contributed by atoms with E-state index < -0.39 is 20.7 Å². The van der Waals surface area contributed by atoms with Crippen LogP contribution in [0.15, 0.2) is 17.0 Å². The molecule has 1 aliphatic carbocycles. The number of nitrogens with one attached hydrogen (secondary N) is 1. The van der Waals surface area contributed by atoms with Crippen molar-refractivity contribution in [3.8, 4) is 0 Å². The molecular weight excluding hydrogens is 291 g/mol. The monoisotopic (exact) mass is 306 g/mol. The van der Waals surface area contributed by atoms with Gasteiger partial charge in [-0.2, -0.15) is 0 Å². The van der Waals surface area contributed by atoms with E-state index in [1.807, 2.05) is 0 Å². The van der Waals surface area contributed by atoms with Crippen molar-refractivity contribution in [1.82, 2.24) is 4.72 Å². The molecule has 1 aromatic rings. The molecule has 1 aromatic carbocycles. The minimum atomic E-state index is -3.93. The van der Waals surface area contributed by atoms with Gasteiger partial charge in [0.25, 0.3) is 0 Å². The Hall–Kier alpha value is -0.850. The molecule has 0 spiro atoms. The number of nitrogens with two attached hydrogens (primary N) is 1. The summed E-state index contributed by atoms with van der Waals surface area (Å²) in [6, 6.07) is 2.24. The average Bonchev–Trinajstić information content (AvgIpc) is 2.89. The Bertz CT molecular complexity index is 616. The first-order valence-electron chi connectivity index (χ1n) is 5.88. The van der Waals surface area contributed by atoms with E-state index >= 15 is 0 Å².